The molecule has 0 unspecified atom stereocenters. The fourth-order valence-corrected chi connectivity index (χ4v) is 4.01. The quantitative estimate of drug-likeness (QED) is 0.343. The van der Waals surface area contributed by atoms with E-state index in [-0.39, 0.29) is 12.0 Å². The number of anilines is 1. The Morgan fingerprint density at radius 1 is 1.31 bits per heavy atom. The Morgan fingerprint density at radius 2 is 2.11 bits per heavy atom. The van der Waals surface area contributed by atoms with Crippen molar-refractivity contribution in [3.63, 3.8) is 0 Å². The topological polar surface area (TPSA) is 105 Å². The maximum absolute atomic E-state index is 13.0. The number of fused-ring (bicyclic) bond motifs is 1. The second kappa shape index (κ2) is 11.7. The molecule has 0 saturated carbocycles. The molecule has 9 heteroatoms. The van der Waals surface area contributed by atoms with Crippen LogP contribution in [0.25, 0.3) is 16.5 Å². The van der Waals surface area contributed by atoms with E-state index in [1.807, 2.05) is 39.0 Å². The molecular weight excluding hydrogens is 456 g/mol. The monoisotopic (exact) mass is 488 g/mol. The number of benzene rings is 1. The van der Waals surface area contributed by atoms with Crippen molar-refractivity contribution in [1.82, 2.24) is 20.1 Å². The average molecular weight is 489 g/mol. The van der Waals surface area contributed by atoms with Gasteiger partial charge in [-0.2, -0.15) is 5.10 Å². The van der Waals surface area contributed by atoms with Gasteiger partial charge in [0, 0.05) is 37.3 Å². The summed E-state index contributed by atoms with van der Waals surface area (Å²) in [5, 5.41) is 10.8. The number of allylic oxidation sites excluding steroid dienone is 1. The van der Waals surface area contributed by atoms with E-state index in [0.717, 1.165) is 60.5 Å². The molecule has 3 aromatic rings. The summed E-state index contributed by atoms with van der Waals surface area (Å²) in [6.07, 6.45) is 5.50. The van der Waals surface area contributed by atoms with E-state index in [9.17, 15) is 4.79 Å². The smallest absolute Gasteiger partial charge is 0.276 e. The lowest BCUT2D eigenvalue weighted by Gasteiger charge is -2.26. The van der Waals surface area contributed by atoms with Crippen LogP contribution in [0.4, 0.5) is 5.69 Å². The lowest BCUT2D eigenvalue weighted by molar-refractivity contribution is 0.0426. The van der Waals surface area contributed by atoms with E-state index in [1.54, 1.807) is 24.5 Å². The number of hydrogen-bond donors (Lipinski definition) is 2. The number of nitrogens with zero attached hydrogens (tertiary/aromatic N) is 4. The summed E-state index contributed by atoms with van der Waals surface area (Å²) in [4.78, 5) is 23.6. The molecule has 1 aliphatic heterocycles. The molecule has 2 N–H and O–H groups in total. The molecule has 1 saturated heterocycles. The minimum Gasteiger partial charge on any atom is -0.475 e. The lowest BCUT2D eigenvalue weighted by Crippen LogP contribution is -2.37. The summed E-state index contributed by atoms with van der Waals surface area (Å²) in [7, 11) is 0. The van der Waals surface area contributed by atoms with Crippen molar-refractivity contribution < 1.29 is 14.3 Å². The van der Waals surface area contributed by atoms with Gasteiger partial charge in [-0.3, -0.25) is 19.8 Å². The van der Waals surface area contributed by atoms with E-state index >= 15 is 0 Å². The zero-order chi connectivity index (χ0) is 25.5. The number of carbonyl (C=O) groups excluding carboxylic acids is 1. The largest absolute Gasteiger partial charge is 0.475 e. The maximum Gasteiger partial charge on any atom is 0.276 e. The van der Waals surface area contributed by atoms with Crippen LogP contribution in [0.1, 0.15) is 36.8 Å². The predicted octanol–water partition coefficient (Wildman–Crippen LogP) is 4.32. The number of nitrogens with one attached hydrogen (secondary N) is 2. The Bertz CT molecular complexity index is 1270. The highest BCUT2D eigenvalue weighted by atomic mass is 16.5. The van der Waals surface area contributed by atoms with Crippen molar-refractivity contribution >= 4 is 34.8 Å². The van der Waals surface area contributed by atoms with Crippen molar-refractivity contribution in [2.45, 2.75) is 26.9 Å². The minimum atomic E-state index is -0.317. The number of ether oxygens (including phenoxy) is 2. The number of aromatic nitrogens is 3. The predicted molar refractivity (Wildman–Crippen MR) is 143 cm³/mol. The summed E-state index contributed by atoms with van der Waals surface area (Å²) >= 11 is 0. The number of aromatic amines is 1. The number of carbonyl (C=O) groups is 1. The molecule has 0 bridgehead atoms. The van der Waals surface area contributed by atoms with Gasteiger partial charge in [0.15, 0.2) is 5.69 Å². The first-order valence-electron chi connectivity index (χ1n) is 12.0. The van der Waals surface area contributed by atoms with Crippen LogP contribution >= 0.6 is 0 Å². The molecule has 0 radical (unpaired) electrons. The van der Waals surface area contributed by atoms with Gasteiger partial charge in [0.05, 0.1) is 36.7 Å². The van der Waals surface area contributed by atoms with Crippen molar-refractivity contribution in [3.05, 3.63) is 65.6 Å². The fraction of sp³-hybridized carbons (Fsp3) is 0.333. The molecule has 0 atom stereocenters. The van der Waals surface area contributed by atoms with Crippen LogP contribution < -0.4 is 10.1 Å². The summed E-state index contributed by atoms with van der Waals surface area (Å²) in [6, 6.07) is 9.41. The van der Waals surface area contributed by atoms with Gasteiger partial charge in [0.2, 0.25) is 5.88 Å². The normalized spacial score (nSPS) is 15.3. The van der Waals surface area contributed by atoms with Crippen LogP contribution in [0.2, 0.25) is 0 Å². The van der Waals surface area contributed by atoms with Gasteiger partial charge in [-0.25, -0.2) is 4.98 Å². The highest BCUT2D eigenvalue weighted by molar-refractivity contribution is 6.11. The Hall–Kier alpha value is -3.82. The Balaban J connectivity index is 1.52. The molecule has 36 heavy (non-hydrogen) atoms. The summed E-state index contributed by atoms with van der Waals surface area (Å²) in [6.45, 7) is 13.6. The zero-order valence-corrected chi connectivity index (χ0v) is 21.0. The van der Waals surface area contributed by atoms with Crippen molar-refractivity contribution in [3.8, 4) is 5.88 Å². The number of pyridine rings is 1. The third-order valence-electron chi connectivity index (χ3n) is 5.75. The number of hydrogen-bond acceptors (Lipinski definition) is 7. The maximum atomic E-state index is 13.0. The van der Waals surface area contributed by atoms with Crippen LogP contribution in [0, 0.1) is 0 Å². The number of amides is 1. The van der Waals surface area contributed by atoms with Crippen LogP contribution in [0.5, 0.6) is 5.88 Å². The summed E-state index contributed by atoms with van der Waals surface area (Å²) in [5.74, 6) is 0.192. The van der Waals surface area contributed by atoms with Crippen LogP contribution in [-0.2, 0) is 4.74 Å². The molecule has 2 aromatic heterocycles. The Morgan fingerprint density at radius 3 is 2.81 bits per heavy atom. The SMILES string of the molecule is C=N/C=C(\C=C(/C)c1ccc2[nH]nc(C(=O)Nc3ccc(OC(C)C)nc3)c2c1)CN1CCOCC1. The highest BCUT2D eigenvalue weighted by Gasteiger charge is 2.16. The van der Waals surface area contributed by atoms with Gasteiger partial charge >= 0.3 is 0 Å². The number of rotatable bonds is 9. The van der Waals surface area contributed by atoms with Gasteiger partial charge in [-0.15, -0.1) is 0 Å². The van der Waals surface area contributed by atoms with Crippen molar-refractivity contribution in [2.24, 2.45) is 4.99 Å². The number of H-pyrrole nitrogens is 1. The lowest BCUT2D eigenvalue weighted by atomic mass is 10.0. The molecule has 1 amide bonds. The number of morpholine rings is 1. The molecule has 4 rings (SSSR count). The summed E-state index contributed by atoms with van der Waals surface area (Å²) < 4.78 is 11.0. The molecule has 1 fully saturated rings. The Labute approximate surface area is 210 Å². The van der Waals surface area contributed by atoms with E-state index in [2.05, 4.69) is 43.2 Å². The standard InChI is InChI=1S/C27H32N6O3/c1-18(2)36-25-8-6-22(16-29-25)30-27(34)26-23-14-21(5-7-24(23)31-32-26)19(3)13-20(15-28-4)17-33-9-11-35-12-10-33/h5-8,13-16,18H,4,9-12,17H2,1-3H3,(H,30,34)(H,31,32)/b19-13+,20-15+. The van der Waals surface area contributed by atoms with E-state index in [4.69, 9.17) is 9.47 Å². The third-order valence-corrected chi connectivity index (χ3v) is 5.75. The summed E-state index contributed by atoms with van der Waals surface area (Å²) in [5.41, 5.74) is 4.78. The molecule has 0 aliphatic carbocycles. The number of aliphatic imine (C=N–C) groups is 1. The first-order chi connectivity index (χ1) is 17.4. The van der Waals surface area contributed by atoms with Crippen LogP contribution in [-0.4, -0.2) is 71.7 Å². The Kier molecular flexibility index (Phi) is 8.24. The van der Waals surface area contributed by atoms with E-state index in [1.165, 1.54) is 0 Å². The van der Waals surface area contributed by atoms with Gasteiger partial charge in [0.1, 0.15) is 0 Å². The second-order valence-electron chi connectivity index (χ2n) is 8.94. The third kappa shape index (κ3) is 6.44. The van der Waals surface area contributed by atoms with Gasteiger partial charge in [-0.1, -0.05) is 12.1 Å². The average Bonchev–Trinajstić information content (AvgIpc) is 3.29. The molecule has 1 aliphatic rings. The molecule has 0 spiro atoms. The molecule has 3 heterocycles. The highest BCUT2D eigenvalue weighted by Crippen LogP contribution is 2.24. The van der Waals surface area contributed by atoms with Gasteiger partial charge < -0.3 is 14.8 Å². The first kappa shape index (κ1) is 25.3. The van der Waals surface area contributed by atoms with Crippen molar-refractivity contribution in [1.29, 1.82) is 0 Å². The zero-order valence-electron chi connectivity index (χ0n) is 21.0. The molecule has 1 aromatic carbocycles. The minimum absolute atomic E-state index is 0.0269. The van der Waals surface area contributed by atoms with Gasteiger partial charge in [0.25, 0.3) is 5.91 Å². The van der Waals surface area contributed by atoms with Crippen LogP contribution in [0.15, 0.2) is 59.4 Å². The van der Waals surface area contributed by atoms with E-state index < -0.39 is 0 Å². The molecule has 9 nitrogen and oxygen atoms in total. The van der Waals surface area contributed by atoms with Crippen molar-refractivity contribution in [2.75, 3.05) is 38.2 Å². The van der Waals surface area contributed by atoms with Crippen LogP contribution in [0.3, 0.4) is 0 Å². The fourth-order valence-electron chi connectivity index (χ4n) is 4.01. The van der Waals surface area contributed by atoms with E-state index in [0.29, 0.717) is 17.3 Å². The molecular formula is C27H32N6O3. The van der Waals surface area contributed by atoms with Gasteiger partial charge in [-0.05, 0) is 62.4 Å². The second-order valence-corrected chi connectivity index (χ2v) is 8.94. The molecule has 188 valence electrons. The first-order valence-corrected chi connectivity index (χ1v) is 12.0.